The topological polar surface area (TPSA) is 82.4 Å². The normalized spacial score (nSPS) is 24.5. The molecule has 0 aromatic carbocycles. The number of fused-ring (bicyclic) bond motifs is 1. The van der Waals surface area contributed by atoms with Gasteiger partial charge >= 0.3 is 5.97 Å². The number of aliphatic carboxylic acids is 1. The predicted octanol–water partition coefficient (Wildman–Crippen LogP) is 1.24. The van der Waals surface area contributed by atoms with Crippen LogP contribution in [0.3, 0.4) is 0 Å². The van der Waals surface area contributed by atoms with Gasteiger partial charge in [-0.3, -0.25) is 14.5 Å². The number of carboxylic acids is 1. The highest BCUT2D eigenvalue weighted by molar-refractivity contribution is 5.73. The smallest absolute Gasteiger partial charge is 0.320 e. The summed E-state index contributed by atoms with van der Waals surface area (Å²) >= 11 is 0. The number of rotatable bonds is 2. The Morgan fingerprint density at radius 2 is 2.39 bits per heavy atom. The lowest BCUT2D eigenvalue weighted by Gasteiger charge is -2.27. The first-order valence-electron chi connectivity index (χ1n) is 6.16. The van der Waals surface area contributed by atoms with E-state index in [1.165, 1.54) is 0 Å². The Labute approximate surface area is 104 Å². The standard InChI is InChI=1S/C12H16N4O2/c1-7-5-13-12-15-10(6-16(7)12)8-3-2-4-9(14-8)11(17)18/h5-6,8-9,14H,2-4H2,1H3,(H,13,15)(H,17,18). The van der Waals surface area contributed by atoms with Gasteiger partial charge in [0.25, 0.3) is 0 Å². The van der Waals surface area contributed by atoms with Crippen LogP contribution in [0.15, 0.2) is 12.4 Å². The molecule has 3 rings (SSSR count). The number of carbonyl (C=O) groups is 1. The van der Waals surface area contributed by atoms with Crippen LogP contribution < -0.4 is 5.32 Å². The van der Waals surface area contributed by atoms with Gasteiger partial charge in [-0.05, 0) is 26.2 Å². The van der Waals surface area contributed by atoms with Crippen molar-refractivity contribution in [2.24, 2.45) is 0 Å². The maximum absolute atomic E-state index is 11.0. The second-order valence-corrected chi connectivity index (χ2v) is 4.84. The molecule has 96 valence electrons. The molecule has 0 radical (unpaired) electrons. The Morgan fingerprint density at radius 1 is 1.56 bits per heavy atom. The molecule has 3 heterocycles. The number of aryl methyl sites for hydroxylation is 1. The quantitative estimate of drug-likeness (QED) is 0.746. The number of H-pyrrole nitrogens is 1. The van der Waals surface area contributed by atoms with Crippen LogP contribution in [0.2, 0.25) is 0 Å². The fourth-order valence-corrected chi connectivity index (χ4v) is 2.55. The minimum absolute atomic E-state index is 0.0703. The number of carboxylic acid groups (broad SMARTS) is 1. The Morgan fingerprint density at radius 3 is 3.11 bits per heavy atom. The first-order chi connectivity index (χ1) is 8.65. The van der Waals surface area contributed by atoms with Crippen LogP contribution in [0.4, 0.5) is 0 Å². The highest BCUT2D eigenvalue weighted by atomic mass is 16.4. The molecule has 2 aromatic rings. The van der Waals surface area contributed by atoms with E-state index < -0.39 is 12.0 Å². The highest BCUT2D eigenvalue weighted by Crippen LogP contribution is 2.25. The minimum Gasteiger partial charge on any atom is -0.480 e. The predicted molar refractivity (Wildman–Crippen MR) is 65.4 cm³/mol. The van der Waals surface area contributed by atoms with Gasteiger partial charge in [-0.1, -0.05) is 0 Å². The second kappa shape index (κ2) is 4.13. The molecule has 18 heavy (non-hydrogen) atoms. The third-order valence-corrected chi connectivity index (χ3v) is 3.57. The van der Waals surface area contributed by atoms with E-state index in [1.54, 1.807) is 0 Å². The van der Waals surface area contributed by atoms with Crippen molar-refractivity contribution in [1.82, 2.24) is 19.7 Å². The van der Waals surface area contributed by atoms with E-state index in [9.17, 15) is 4.79 Å². The lowest BCUT2D eigenvalue weighted by Crippen LogP contribution is -2.42. The van der Waals surface area contributed by atoms with Crippen molar-refractivity contribution < 1.29 is 9.90 Å². The van der Waals surface area contributed by atoms with E-state index in [4.69, 9.17) is 5.11 Å². The summed E-state index contributed by atoms with van der Waals surface area (Å²) in [4.78, 5) is 18.5. The second-order valence-electron chi connectivity index (χ2n) is 4.84. The summed E-state index contributed by atoms with van der Waals surface area (Å²) in [5.74, 6) is 0.0361. The molecule has 0 spiro atoms. The zero-order chi connectivity index (χ0) is 12.7. The first-order valence-corrected chi connectivity index (χ1v) is 6.16. The number of hydrogen-bond acceptors (Lipinski definition) is 3. The maximum Gasteiger partial charge on any atom is 0.320 e. The van der Waals surface area contributed by atoms with Gasteiger partial charge in [0, 0.05) is 17.9 Å². The molecule has 1 aliphatic heterocycles. The number of aromatic amines is 1. The third-order valence-electron chi connectivity index (χ3n) is 3.57. The van der Waals surface area contributed by atoms with Crippen molar-refractivity contribution in [3.63, 3.8) is 0 Å². The lowest BCUT2D eigenvalue weighted by molar-refractivity contribution is -0.140. The molecule has 6 nitrogen and oxygen atoms in total. The Hall–Kier alpha value is -1.82. The van der Waals surface area contributed by atoms with Crippen molar-refractivity contribution in [2.45, 2.75) is 38.3 Å². The van der Waals surface area contributed by atoms with Gasteiger partial charge < -0.3 is 10.1 Å². The van der Waals surface area contributed by atoms with Gasteiger partial charge in [0.05, 0.1) is 11.9 Å². The van der Waals surface area contributed by atoms with E-state index in [1.807, 2.05) is 23.7 Å². The molecule has 6 heteroatoms. The highest BCUT2D eigenvalue weighted by Gasteiger charge is 2.27. The molecule has 3 N–H and O–H groups in total. The number of nitrogens with zero attached hydrogens (tertiary/aromatic N) is 2. The third kappa shape index (κ3) is 1.78. The molecule has 0 bridgehead atoms. The average molecular weight is 248 g/mol. The van der Waals surface area contributed by atoms with Gasteiger partial charge in [-0.2, -0.15) is 0 Å². The summed E-state index contributed by atoms with van der Waals surface area (Å²) in [5, 5.41) is 12.2. The fraction of sp³-hybridized carbons (Fsp3) is 0.500. The Balaban J connectivity index is 1.87. The van der Waals surface area contributed by atoms with E-state index >= 15 is 0 Å². The van der Waals surface area contributed by atoms with Gasteiger partial charge in [0.15, 0.2) is 0 Å². The van der Waals surface area contributed by atoms with Crippen LogP contribution in [0, 0.1) is 6.92 Å². The fourth-order valence-electron chi connectivity index (χ4n) is 2.55. The molecule has 2 aromatic heterocycles. The lowest BCUT2D eigenvalue weighted by atomic mass is 9.97. The molecule has 0 saturated carbocycles. The molecule has 2 unspecified atom stereocenters. The zero-order valence-electron chi connectivity index (χ0n) is 10.2. The van der Waals surface area contributed by atoms with Crippen LogP contribution in [-0.2, 0) is 4.79 Å². The summed E-state index contributed by atoms with van der Waals surface area (Å²) in [7, 11) is 0. The summed E-state index contributed by atoms with van der Waals surface area (Å²) in [5.41, 5.74) is 2.07. The Kier molecular flexibility index (Phi) is 2.59. The van der Waals surface area contributed by atoms with E-state index in [0.717, 1.165) is 30.0 Å². The molecular formula is C12H16N4O2. The van der Waals surface area contributed by atoms with Crippen molar-refractivity contribution in [3.8, 4) is 0 Å². The SMILES string of the molecule is Cc1cnc2[nH]c(C3CCCC(C(=O)O)N3)cn12. The van der Waals surface area contributed by atoms with Gasteiger partial charge in [0.1, 0.15) is 6.04 Å². The largest absolute Gasteiger partial charge is 0.480 e. The number of imidazole rings is 2. The van der Waals surface area contributed by atoms with E-state index in [2.05, 4.69) is 15.3 Å². The zero-order valence-corrected chi connectivity index (χ0v) is 10.2. The van der Waals surface area contributed by atoms with Crippen LogP contribution in [0.25, 0.3) is 5.78 Å². The number of nitrogens with one attached hydrogen (secondary N) is 2. The van der Waals surface area contributed by atoms with Crippen molar-refractivity contribution in [2.75, 3.05) is 0 Å². The molecule has 2 atom stereocenters. The maximum atomic E-state index is 11.0. The summed E-state index contributed by atoms with van der Waals surface area (Å²) < 4.78 is 1.99. The molecule has 0 amide bonds. The van der Waals surface area contributed by atoms with Gasteiger partial charge in [0.2, 0.25) is 5.78 Å². The minimum atomic E-state index is -0.771. The average Bonchev–Trinajstić information content (AvgIpc) is 2.92. The molecule has 1 aliphatic rings. The van der Waals surface area contributed by atoms with E-state index in [0.29, 0.717) is 6.42 Å². The van der Waals surface area contributed by atoms with Gasteiger partial charge in [-0.25, -0.2) is 4.98 Å². The van der Waals surface area contributed by atoms with E-state index in [-0.39, 0.29) is 6.04 Å². The number of hydrogen-bond donors (Lipinski definition) is 3. The summed E-state index contributed by atoms with van der Waals surface area (Å²) in [6.07, 6.45) is 6.38. The molecular weight excluding hydrogens is 232 g/mol. The molecule has 1 fully saturated rings. The van der Waals surface area contributed by atoms with Crippen LogP contribution in [0.1, 0.15) is 36.7 Å². The van der Waals surface area contributed by atoms with Crippen LogP contribution in [-0.4, -0.2) is 31.5 Å². The first kappa shape index (κ1) is 11.3. The summed E-state index contributed by atoms with van der Waals surface area (Å²) in [6, 6.07) is -0.374. The molecule has 1 saturated heterocycles. The van der Waals surface area contributed by atoms with Crippen molar-refractivity contribution in [3.05, 3.63) is 23.8 Å². The monoisotopic (exact) mass is 248 g/mol. The van der Waals surface area contributed by atoms with Crippen LogP contribution in [0.5, 0.6) is 0 Å². The van der Waals surface area contributed by atoms with Crippen molar-refractivity contribution >= 4 is 11.7 Å². The van der Waals surface area contributed by atoms with Crippen LogP contribution >= 0.6 is 0 Å². The number of piperidine rings is 1. The van der Waals surface area contributed by atoms with Crippen molar-refractivity contribution in [1.29, 1.82) is 0 Å². The number of aromatic nitrogens is 3. The summed E-state index contributed by atoms with van der Waals surface area (Å²) in [6.45, 7) is 1.99. The molecule has 0 aliphatic carbocycles. The Bertz CT molecular complexity index is 586. The van der Waals surface area contributed by atoms with Gasteiger partial charge in [-0.15, -0.1) is 0 Å².